The van der Waals surface area contributed by atoms with Gasteiger partial charge in [-0.2, -0.15) is 0 Å². The summed E-state index contributed by atoms with van der Waals surface area (Å²) in [5.74, 6) is -4.26. The summed E-state index contributed by atoms with van der Waals surface area (Å²) < 4.78 is 54.8. The van der Waals surface area contributed by atoms with Gasteiger partial charge >= 0.3 is 12.0 Å². The quantitative estimate of drug-likeness (QED) is 0.00949. The lowest BCUT2D eigenvalue weighted by molar-refractivity contribution is -0.172. The number of fused-ring (bicyclic) bond motifs is 5. The number of benzene rings is 2. The molecule has 3 aliphatic rings. The monoisotopic (exact) mass is 1200 g/mol. The number of amides is 6. The number of carbonyl (C=O) groups is 6. The van der Waals surface area contributed by atoms with Gasteiger partial charge in [0, 0.05) is 52.7 Å². The van der Waals surface area contributed by atoms with Gasteiger partial charge in [0.25, 0.3) is 11.5 Å². The molecule has 7 rings (SSSR count). The molecule has 27 nitrogen and oxygen atoms in total. The van der Waals surface area contributed by atoms with Gasteiger partial charge in [0.2, 0.25) is 17.7 Å². The zero-order valence-electron chi connectivity index (χ0n) is 48.7. The van der Waals surface area contributed by atoms with E-state index in [9.17, 15) is 43.8 Å². The second-order valence-electron chi connectivity index (χ2n) is 21.1. The number of aromatic nitrogens is 2. The van der Waals surface area contributed by atoms with E-state index in [0.717, 1.165) is 0 Å². The highest BCUT2D eigenvalue weighted by Crippen LogP contribution is 2.46. The van der Waals surface area contributed by atoms with Crippen molar-refractivity contribution in [3.63, 3.8) is 0 Å². The van der Waals surface area contributed by atoms with Crippen LogP contribution >= 0.6 is 0 Å². The number of primary amides is 1. The van der Waals surface area contributed by atoms with Gasteiger partial charge in [-0.15, -0.1) is 0 Å². The van der Waals surface area contributed by atoms with Gasteiger partial charge in [-0.1, -0.05) is 38.0 Å². The number of nitrogens with one attached hydrogen (secondary N) is 5. The number of azide groups is 1. The Morgan fingerprint density at radius 3 is 2.12 bits per heavy atom. The van der Waals surface area contributed by atoms with Crippen molar-refractivity contribution in [1.82, 2.24) is 30.8 Å². The van der Waals surface area contributed by atoms with E-state index in [-0.39, 0.29) is 99.6 Å². The number of aliphatic hydroxyl groups excluding tert-OH is 1. The van der Waals surface area contributed by atoms with Gasteiger partial charge in [-0.3, -0.25) is 24.0 Å². The Morgan fingerprint density at radius 1 is 0.884 bits per heavy atom. The minimum Gasteiger partial charge on any atom is -0.458 e. The van der Waals surface area contributed by atoms with Gasteiger partial charge in [-0.05, 0) is 90.9 Å². The predicted octanol–water partition coefficient (Wildman–Crippen LogP) is 3.18. The molecule has 1 aliphatic carbocycles. The van der Waals surface area contributed by atoms with Gasteiger partial charge in [0.15, 0.2) is 11.7 Å². The number of carbonyl (C=O) groups excluding carboxylic acids is 6. The molecule has 0 saturated carbocycles. The number of ether oxygens (including phenoxy) is 7. The fraction of sp³-hybridized carbons (Fsp3) is 0.552. The second-order valence-corrected chi connectivity index (χ2v) is 21.1. The molecular weight excluding hydrogens is 1130 g/mol. The van der Waals surface area contributed by atoms with E-state index < -0.39 is 82.8 Å². The fourth-order valence-corrected chi connectivity index (χ4v) is 10.4. The van der Waals surface area contributed by atoms with Crippen molar-refractivity contribution < 1.29 is 76.5 Å². The van der Waals surface area contributed by atoms with Crippen LogP contribution in [0.4, 0.5) is 14.9 Å². The van der Waals surface area contributed by atoms with Crippen molar-refractivity contribution in [3.05, 3.63) is 102 Å². The summed E-state index contributed by atoms with van der Waals surface area (Å²) >= 11 is 0. The van der Waals surface area contributed by atoms with Crippen LogP contribution in [0.15, 0.2) is 46.3 Å². The predicted molar refractivity (Wildman–Crippen MR) is 308 cm³/mol. The van der Waals surface area contributed by atoms with Crippen LogP contribution in [0.2, 0.25) is 0 Å². The standard InChI is InChI=1S/C58H76FN11O16/c1-5-58(79)40-29-45-50-38(31-70(45)55(76)39(40)32-86-56(58)77)48-42(13-12-37-34(4)41(59)30-44(65-50)47(37)48)66-54(75)51(72)35-8-10-36(11-9-35)64-52(73)43(7-6-15-62-57(60)78)67-53(74)49(33(2)3)68-46(71)14-17-80-19-21-82-23-25-84-27-28-85-26-24-83-22-20-81-18-16-63-69-61/h8-11,29-30,33,42-43,49,51,72,79H,5-7,12-28,31-32H2,1-4H3,(H,64,73)(H,66,75)(H,67,74)(H,68,71)(H3,60,62,78)/t42-,43?,49?,51?,58-/m0/s1. The van der Waals surface area contributed by atoms with Crippen LogP contribution < -0.4 is 37.9 Å². The Morgan fingerprint density at radius 2 is 1.51 bits per heavy atom. The number of halogens is 1. The molecule has 2 aromatic carbocycles. The number of anilines is 1. The lowest BCUT2D eigenvalue weighted by Gasteiger charge is -2.31. The smallest absolute Gasteiger partial charge is 0.343 e. The van der Waals surface area contributed by atoms with E-state index in [2.05, 4.69) is 36.6 Å². The highest BCUT2D eigenvalue weighted by molar-refractivity contribution is 5.99. The number of hydrogen-bond acceptors (Lipinski definition) is 18. The third-order valence-corrected chi connectivity index (χ3v) is 15.0. The number of aliphatic hydroxyl groups is 2. The van der Waals surface area contributed by atoms with Gasteiger partial charge in [0.1, 0.15) is 24.5 Å². The summed E-state index contributed by atoms with van der Waals surface area (Å²) in [5.41, 5.74) is 14.8. The number of esters is 1. The first-order valence-corrected chi connectivity index (χ1v) is 28.7. The van der Waals surface area contributed by atoms with Crippen LogP contribution in [0.25, 0.3) is 32.7 Å². The number of hydrogen-bond donors (Lipinski definition) is 8. The van der Waals surface area contributed by atoms with Crippen LogP contribution in [0.5, 0.6) is 0 Å². The number of nitrogens with zero attached hydrogens (tertiary/aromatic N) is 5. The molecule has 3 unspecified atom stereocenters. The Bertz CT molecular complexity index is 3190. The molecule has 466 valence electrons. The summed E-state index contributed by atoms with van der Waals surface area (Å²) in [5, 5.41) is 40.6. The first-order valence-electron chi connectivity index (χ1n) is 28.7. The third kappa shape index (κ3) is 16.6. The number of aryl methyl sites for hydroxylation is 1. The van der Waals surface area contributed by atoms with Crippen molar-refractivity contribution in [1.29, 1.82) is 0 Å². The van der Waals surface area contributed by atoms with E-state index in [1.54, 1.807) is 33.8 Å². The molecule has 0 radical (unpaired) electrons. The van der Waals surface area contributed by atoms with Crippen molar-refractivity contribution in [2.24, 2.45) is 16.8 Å². The number of pyridine rings is 2. The molecule has 6 amide bonds. The van der Waals surface area contributed by atoms with Crippen LogP contribution in [-0.4, -0.2) is 160 Å². The van der Waals surface area contributed by atoms with E-state index in [0.29, 0.717) is 111 Å². The van der Waals surface area contributed by atoms with Crippen LogP contribution in [0.3, 0.4) is 0 Å². The maximum atomic E-state index is 15.5. The highest BCUT2D eigenvalue weighted by Gasteiger charge is 2.46. The van der Waals surface area contributed by atoms with Gasteiger partial charge in [-0.25, -0.2) is 19.0 Å². The number of urea groups is 1. The Kier molecular flexibility index (Phi) is 24.2. The van der Waals surface area contributed by atoms with Crippen molar-refractivity contribution in [2.75, 3.05) is 97.7 Å². The third-order valence-electron chi connectivity index (χ3n) is 15.0. The number of cyclic esters (lactones) is 1. The van der Waals surface area contributed by atoms with E-state index >= 15 is 4.39 Å². The largest absolute Gasteiger partial charge is 0.458 e. The zero-order chi connectivity index (χ0) is 61.9. The molecule has 0 saturated heterocycles. The molecule has 0 fully saturated rings. The maximum absolute atomic E-state index is 15.5. The Balaban J connectivity index is 0.893. The second kappa shape index (κ2) is 31.6. The molecule has 5 atom stereocenters. The molecule has 0 spiro atoms. The molecule has 4 aromatic rings. The van der Waals surface area contributed by atoms with Gasteiger partial charge < -0.3 is 80.3 Å². The fourth-order valence-electron chi connectivity index (χ4n) is 10.4. The SMILES string of the molecule is CC[C@@]1(O)C(=O)OCc2c1cc1n(c2=O)Cc2c-1nc1cc(F)c(C)c3c1c2[C@@H](NC(=O)C(O)c1ccc(NC(=O)C(CCCNC(N)=O)NC(=O)C(NC(=O)CCOCCOCCOCCOCCOCCOCCN=[N+]=[N-])C(C)C)cc1)CC3. The normalized spacial score (nSPS) is 16.7. The van der Waals surface area contributed by atoms with Crippen LogP contribution in [0.1, 0.15) is 104 Å². The molecular formula is C58H76FN11O16. The van der Waals surface area contributed by atoms with Crippen molar-refractivity contribution in [2.45, 2.75) is 109 Å². The maximum Gasteiger partial charge on any atom is 0.343 e. The molecule has 4 heterocycles. The average molecular weight is 1200 g/mol. The summed E-state index contributed by atoms with van der Waals surface area (Å²) in [6.45, 7) is 10.7. The first-order chi connectivity index (χ1) is 41.4. The first kappa shape index (κ1) is 65.9. The lowest BCUT2D eigenvalue weighted by atomic mass is 9.81. The average Bonchev–Trinajstić information content (AvgIpc) is 1.66. The zero-order valence-corrected chi connectivity index (χ0v) is 48.7. The molecule has 2 aromatic heterocycles. The number of rotatable bonds is 35. The minimum atomic E-state index is -2.07. The van der Waals surface area contributed by atoms with E-state index in [1.165, 1.54) is 34.9 Å². The summed E-state index contributed by atoms with van der Waals surface area (Å²) in [7, 11) is 0. The van der Waals surface area contributed by atoms with Crippen molar-refractivity contribution in [3.8, 4) is 11.4 Å². The summed E-state index contributed by atoms with van der Waals surface area (Å²) in [6, 6.07) is 4.99. The molecule has 9 N–H and O–H groups in total. The van der Waals surface area contributed by atoms with Crippen LogP contribution in [0, 0.1) is 18.7 Å². The molecule has 0 bridgehead atoms. The van der Waals surface area contributed by atoms with E-state index in [4.69, 9.17) is 49.4 Å². The Hall–Kier alpha value is -7.66. The van der Waals surface area contributed by atoms with Gasteiger partial charge in [0.05, 0.1) is 114 Å². The van der Waals surface area contributed by atoms with E-state index in [1.807, 2.05) is 0 Å². The number of nitrogens with two attached hydrogens (primary N) is 1. The molecule has 2 aliphatic heterocycles. The summed E-state index contributed by atoms with van der Waals surface area (Å²) in [4.78, 5) is 101. The minimum absolute atomic E-state index is 0.0174. The summed E-state index contributed by atoms with van der Waals surface area (Å²) in [6.07, 6.45) is -0.888. The van der Waals surface area contributed by atoms with Crippen molar-refractivity contribution >= 4 is 52.2 Å². The van der Waals surface area contributed by atoms with Crippen LogP contribution in [-0.2, 0) is 82.3 Å². The topological polar surface area (TPSA) is 377 Å². The molecule has 86 heavy (non-hydrogen) atoms. The Labute approximate surface area is 495 Å². The molecule has 28 heteroatoms. The highest BCUT2D eigenvalue weighted by atomic mass is 19.1. The lowest BCUT2D eigenvalue weighted by Crippen LogP contribution is -2.54.